The average molecular weight is 271 g/mol. The zero-order valence-corrected chi connectivity index (χ0v) is 9.36. The molecule has 0 fully saturated rings. The van der Waals surface area contributed by atoms with Gasteiger partial charge in [-0.2, -0.15) is 23.8 Å². The van der Waals surface area contributed by atoms with Crippen LogP contribution in [0, 0.1) is 0 Å². The maximum absolute atomic E-state index is 12.4. The predicted octanol–water partition coefficient (Wildman–Crippen LogP) is 2.15. The van der Waals surface area contributed by atoms with Crippen LogP contribution in [0.4, 0.5) is 13.2 Å². The summed E-state index contributed by atoms with van der Waals surface area (Å²) in [5, 5.41) is 5.98. The molecule has 5 nitrogen and oxygen atoms in total. The molecule has 0 bridgehead atoms. The van der Waals surface area contributed by atoms with E-state index in [0.29, 0.717) is 0 Å². The molecular formula is C11H8F3N3O2. The highest BCUT2D eigenvalue weighted by Gasteiger charge is 2.30. The van der Waals surface area contributed by atoms with Gasteiger partial charge >= 0.3 is 6.18 Å². The van der Waals surface area contributed by atoms with Crippen LogP contribution in [-0.2, 0) is 6.18 Å². The minimum Gasteiger partial charge on any atom is -0.379 e. The number of H-pyrrole nitrogens is 1. The minimum atomic E-state index is -4.46. The number of aromatic nitrogens is 2. The first-order valence-electron chi connectivity index (χ1n) is 5.10. The van der Waals surface area contributed by atoms with Crippen molar-refractivity contribution in [1.82, 2.24) is 15.7 Å². The molecule has 19 heavy (non-hydrogen) atoms. The standard InChI is InChI=1S/C11H8F3N3O2/c12-11(13,14)8-2-1-3-9(4-8)19-17-10(18)7-5-15-16-6-7/h1-6H,(H,15,16)(H,17,18). The molecule has 0 saturated heterocycles. The number of benzene rings is 1. The molecule has 1 heterocycles. The fraction of sp³-hybridized carbons (Fsp3) is 0.0909. The molecule has 0 atom stereocenters. The van der Waals surface area contributed by atoms with Crippen LogP contribution in [0.5, 0.6) is 5.75 Å². The summed E-state index contributed by atoms with van der Waals surface area (Å²) in [6, 6.07) is 4.17. The lowest BCUT2D eigenvalue weighted by Gasteiger charge is -2.09. The maximum atomic E-state index is 12.4. The molecular weight excluding hydrogens is 263 g/mol. The highest BCUT2D eigenvalue weighted by Crippen LogP contribution is 2.31. The van der Waals surface area contributed by atoms with Crippen LogP contribution < -0.4 is 10.3 Å². The zero-order valence-electron chi connectivity index (χ0n) is 9.36. The fourth-order valence-electron chi connectivity index (χ4n) is 1.28. The van der Waals surface area contributed by atoms with Crippen molar-refractivity contribution in [1.29, 1.82) is 0 Å². The minimum absolute atomic E-state index is 0.119. The largest absolute Gasteiger partial charge is 0.416 e. The van der Waals surface area contributed by atoms with E-state index >= 15 is 0 Å². The molecule has 1 amide bonds. The van der Waals surface area contributed by atoms with E-state index in [1.165, 1.54) is 24.5 Å². The number of rotatable bonds is 3. The van der Waals surface area contributed by atoms with Crippen LogP contribution >= 0.6 is 0 Å². The van der Waals surface area contributed by atoms with Gasteiger partial charge in [-0.3, -0.25) is 9.89 Å². The van der Waals surface area contributed by atoms with E-state index in [9.17, 15) is 18.0 Å². The summed E-state index contributed by atoms with van der Waals surface area (Å²) in [6.45, 7) is 0. The van der Waals surface area contributed by atoms with Gasteiger partial charge in [0.15, 0.2) is 5.75 Å². The van der Waals surface area contributed by atoms with Crippen LogP contribution in [0.3, 0.4) is 0 Å². The summed E-state index contributed by atoms with van der Waals surface area (Å²) in [5.41, 5.74) is 1.36. The Morgan fingerprint density at radius 3 is 2.79 bits per heavy atom. The highest BCUT2D eigenvalue weighted by molar-refractivity contribution is 5.92. The number of amides is 1. The molecule has 0 saturated carbocycles. The molecule has 8 heteroatoms. The molecule has 0 aliphatic carbocycles. The van der Waals surface area contributed by atoms with Gasteiger partial charge in [-0.15, -0.1) is 0 Å². The molecule has 0 radical (unpaired) electrons. The van der Waals surface area contributed by atoms with Crippen molar-refractivity contribution in [3.63, 3.8) is 0 Å². The quantitative estimate of drug-likeness (QED) is 0.840. The van der Waals surface area contributed by atoms with Crippen molar-refractivity contribution in [2.75, 3.05) is 0 Å². The van der Waals surface area contributed by atoms with Gasteiger partial charge in [0.2, 0.25) is 0 Å². The van der Waals surface area contributed by atoms with E-state index < -0.39 is 17.6 Å². The Labute approximate surface area is 105 Å². The molecule has 0 aliphatic rings. The number of nitrogens with zero attached hydrogens (tertiary/aromatic N) is 1. The van der Waals surface area contributed by atoms with Crippen LogP contribution in [-0.4, -0.2) is 16.1 Å². The Bertz CT molecular complexity index is 567. The number of halogens is 3. The van der Waals surface area contributed by atoms with Crippen molar-refractivity contribution in [3.8, 4) is 5.75 Å². The van der Waals surface area contributed by atoms with Crippen LogP contribution in [0.2, 0.25) is 0 Å². The topological polar surface area (TPSA) is 67.0 Å². The maximum Gasteiger partial charge on any atom is 0.416 e. The van der Waals surface area contributed by atoms with E-state index in [0.717, 1.165) is 12.1 Å². The Hall–Kier alpha value is -2.51. The Morgan fingerprint density at radius 2 is 2.16 bits per heavy atom. The lowest BCUT2D eigenvalue weighted by atomic mass is 10.2. The lowest BCUT2D eigenvalue weighted by Crippen LogP contribution is -2.26. The SMILES string of the molecule is O=C(NOc1cccc(C(F)(F)F)c1)c1cn[nH]c1. The summed E-state index contributed by atoms with van der Waals surface area (Å²) in [6.07, 6.45) is -1.89. The van der Waals surface area contributed by atoms with Crippen LogP contribution in [0.25, 0.3) is 0 Å². The number of aromatic amines is 1. The Morgan fingerprint density at radius 1 is 1.37 bits per heavy atom. The number of hydroxylamine groups is 1. The van der Waals surface area contributed by atoms with E-state index in [1.54, 1.807) is 0 Å². The third kappa shape index (κ3) is 3.24. The number of alkyl halides is 3. The molecule has 1 aromatic carbocycles. The third-order valence-electron chi connectivity index (χ3n) is 2.18. The summed E-state index contributed by atoms with van der Waals surface area (Å²) in [7, 11) is 0. The van der Waals surface area contributed by atoms with Gasteiger partial charge in [0.05, 0.1) is 17.3 Å². The van der Waals surface area contributed by atoms with Crippen molar-refractivity contribution in [2.45, 2.75) is 6.18 Å². The lowest BCUT2D eigenvalue weighted by molar-refractivity contribution is -0.137. The molecule has 2 rings (SSSR count). The first kappa shape index (κ1) is 12.9. The summed E-state index contributed by atoms with van der Waals surface area (Å²) >= 11 is 0. The first-order chi connectivity index (χ1) is 8.97. The molecule has 0 aliphatic heterocycles. The van der Waals surface area contributed by atoms with E-state index in [4.69, 9.17) is 4.84 Å². The highest BCUT2D eigenvalue weighted by atomic mass is 19.4. The van der Waals surface area contributed by atoms with Crippen LogP contribution in [0.15, 0.2) is 36.7 Å². The molecule has 0 unspecified atom stereocenters. The number of hydrogen-bond acceptors (Lipinski definition) is 3. The first-order valence-corrected chi connectivity index (χ1v) is 5.10. The van der Waals surface area contributed by atoms with Crippen molar-refractivity contribution in [3.05, 3.63) is 47.8 Å². The van der Waals surface area contributed by atoms with E-state index in [1.807, 2.05) is 5.48 Å². The van der Waals surface area contributed by atoms with Gasteiger partial charge in [0.25, 0.3) is 5.91 Å². The van der Waals surface area contributed by atoms with E-state index in [2.05, 4.69) is 10.2 Å². The second-order valence-electron chi connectivity index (χ2n) is 3.55. The second kappa shape index (κ2) is 5.01. The average Bonchev–Trinajstić information content (AvgIpc) is 2.89. The van der Waals surface area contributed by atoms with Crippen molar-refractivity contribution >= 4 is 5.91 Å². The predicted molar refractivity (Wildman–Crippen MR) is 58.1 cm³/mol. The summed E-state index contributed by atoms with van der Waals surface area (Å²) in [5.74, 6) is -0.738. The van der Waals surface area contributed by atoms with Gasteiger partial charge in [-0.1, -0.05) is 6.07 Å². The number of carbonyl (C=O) groups excluding carboxylic acids is 1. The number of nitrogens with one attached hydrogen (secondary N) is 2. The fourth-order valence-corrected chi connectivity index (χ4v) is 1.28. The van der Waals surface area contributed by atoms with Gasteiger partial charge in [0.1, 0.15) is 0 Å². The summed E-state index contributed by atoms with van der Waals surface area (Å²) < 4.78 is 37.3. The Balaban J connectivity index is 2.02. The van der Waals surface area contributed by atoms with Crippen molar-refractivity contribution < 1.29 is 22.8 Å². The zero-order chi connectivity index (χ0) is 13.9. The number of hydrogen-bond donors (Lipinski definition) is 2. The molecule has 1 aromatic heterocycles. The van der Waals surface area contributed by atoms with Crippen molar-refractivity contribution in [2.24, 2.45) is 0 Å². The molecule has 2 N–H and O–H groups in total. The van der Waals surface area contributed by atoms with Gasteiger partial charge in [0, 0.05) is 6.20 Å². The van der Waals surface area contributed by atoms with Gasteiger partial charge in [-0.05, 0) is 18.2 Å². The normalized spacial score (nSPS) is 11.1. The smallest absolute Gasteiger partial charge is 0.379 e. The monoisotopic (exact) mass is 271 g/mol. The van der Waals surface area contributed by atoms with Gasteiger partial charge < -0.3 is 4.84 Å². The summed E-state index contributed by atoms with van der Waals surface area (Å²) in [4.78, 5) is 16.2. The van der Waals surface area contributed by atoms with Gasteiger partial charge in [-0.25, -0.2) is 0 Å². The molecule has 100 valence electrons. The second-order valence-corrected chi connectivity index (χ2v) is 3.55. The third-order valence-corrected chi connectivity index (χ3v) is 2.18. The van der Waals surface area contributed by atoms with Crippen LogP contribution in [0.1, 0.15) is 15.9 Å². The Kier molecular flexibility index (Phi) is 3.41. The van der Waals surface area contributed by atoms with E-state index in [-0.39, 0.29) is 11.3 Å². The number of carbonyl (C=O) groups is 1. The molecule has 2 aromatic rings. The molecule has 0 spiro atoms.